The number of amides is 4. The van der Waals surface area contributed by atoms with E-state index in [1.165, 1.54) is 18.4 Å². The van der Waals surface area contributed by atoms with Crippen molar-refractivity contribution in [2.45, 2.75) is 115 Å². The van der Waals surface area contributed by atoms with E-state index in [-0.39, 0.29) is 35.9 Å². The molecule has 1 saturated heterocycles. The van der Waals surface area contributed by atoms with Gasteiger partial charge in [0.1, 0.15) is 12.1 Å². The van der Waals surface area contributed by atoms with E-state index in [0.717, 1.165) is 61.8 Å². The summed E-state index contributed by atoms with van der Waals surface area (Å²) in [6.07, 6.45) is 11.1. The number of rotatable bonds is 5. The molecule has 1 N–H and O–H groups in total. The number of benzene rings is 1. The molecule has 186 valence electrons. The molecule has 1 aliphatic heterocycles. The summed E-state index contributed by atoms with van der Waals surface area (Å²) in [5.74, 6) is -0.420. The van der Waals surface area contributed by atoms with E-state index in [0.29, 0.717) is 0 Å². The van der Waals surface area contributed by atoms with Gasteiger partial charge in [0, 0.05) is 12.1 Å². The van der Waals surface area contributed by atoms with Crippen LogP contribution in [0.25, 0.3) is 0 Å². The SMILES string of the molecule is CC(C)(C)c1ccc([C@]2(C)NC(=O)N(CC(=O)N(C3CCCCC3)C3CCCCC3)C2=O)cc1. The quantitative estimate of drug-likeness (QED) is 0.602. The summed E-state index contributed by atoms with van der Waals surface area (Å²) in [7, 11) is 0. The minimum absolute atomic E-state index is 0.00250. The van der Waals surface area contributed by atoms with Gasteiger partial charge in [-0.1, -0.05) is 83.6 Å². The lowest BCUT2D eigenvalue weighted by molar-refractivity contribution is -0.143. The van der Waals surface area contributed by atoms with Gasteiger partial charge in [0.25, 0.3) is 5.91 Å². The lowest BCUT2D eigenvalue weighted by atomic mass is 9.84. The third kappa shape index (κ3) is 4.87. The van der Waals surface area contributed by atoms with E-state index in [1.807, 2.05) is 24.3 Å². The fourth-order valence-electron chi connectivity index (χ4n) is 5.98. The highest BCUT2D eigenvalue weighted by Gasteiger charge is 2.50. The second-order valence-electron chi connectivity index (χ2n) is 11.7. The third-order valence-corrected chi connectivity index (χ3v) is 8.12. The Morgan fingerprint density at radius 3 is 1.91 bits per heavy atom. The Morgan fingerprint density at radius 2 is 1.44 bits per heavy atom. The lowest BCUT2D eigenvalue weighted by Crippen LogP contribution is -2.53. The van der Waals surface area contributed by atoms with Crippen LogP contribution in [-0.4, -0.2) is 46.3 Å². The van der Waals surface area contributed by atoms with Crippen LogP contribution in [0.15, 0.2) is 24.3 Å². The summed E-state index contributed by atoms with van der Waals surface area (Å²) in [6, 6.07) is 7.86. The van der Waals surface area contributed by atoms with Crippen LogP contribution in [0, 0.1) is 0 Å². The second kappa shape index (κ2) is 9.71. The highest BCUT2D eigenvalue weighted by atomic mass is 16.2. The number of carbonyl (C=O) groups is 3. The van der Waals surface area contributed by atoms with Crippen molar-refractivity contribution in [3.63, 3.8) is 0 Å². The molecule has 4 amide bonds. The predicted molar refractivity (Wildman–Crippen MR) is 133 cm³/mol. The Labute approximate surface area is 204 Å². The summed E-state index contributed by atoms with van der Waals surface area (Å²) >= 11 is 0. The molecule has 3 aliphatic rings. The maximum absolute atomic E-state index is 13.6. The summed E-state index contributed by atoms with van der Waals surface area (Å²) in [5, 5.41) is 2.87. The Morgan fingerprint density at radius 1 is 0.941 bits per heavy atom. The molecular formula is C28H41N3O3. The monoisotopic (exact) mass is 467 g/mol. The highest BCUT2D eigenvalue weighted by Crippen LogP contribution is 2.33. The summed E-state index contributed by atoms with van der Waals surface area (Å²) in [4.78, 5) is 43.3. The number of urea groups is 1. The van der Waals surface area contributed by atoms with Gasteiger partial charge >= 0.3 is 6.03 Å². The van der Waals surface area contributed by atoms with Gasteiger partial charge in [0.15, 0.2) is 0 Å². The zero-order valence-corrected chi connectivity index (χ0v) is 21.4. The molecule has 0 bridgehead atoms. The lowest BCUT2D eigenvalue weighted by Gasteiger charge is -2.42. The van der Waals surface area contributed by atoms with Crippen molar-refractivity contribution in [2.75, 3.05) is 6.54 Å². The van der Waals surface area contributed by atoms with E-state index < -0.39 is 11.6 Å². The first-order valence-electron chi connectivity index (χ1n) is 13.2. The molecule has 6 nitrogen and oxygen atoms in total. The highest BCUT2D eigenvalue weighted by molar-refractivity contribution is 6.09. The van der Waals surface area contributed by atoms with Gasteiger partial charge < -0.3 is 10.2 Å². The van der Waals surface area contributed by atoms with Crippen molar-refractivity contribution < 1.29 is 14.4 Å². The molecule has 6 heteroatoms. The minimum Gasteiger partial charge on any atom is -0.335 e. The van der Waals surface area contributed by atoms with Crippen molar-refractivity contribution in [3.8, 4) is 0 Å². The Balaban J connectivity index is 1.52. The second-order valence-corrected chi connectivity index (χ2v) is 11.7. The largest absolute Gasteiger partial charge is 0.335 e. The fourth-order valence-corrected chi connectivity index (χ4v) is 5.98. The van der Waals surface area contributed by atoms with E-state index in [9.17, 15) is 14.4 Å². The maximum Gasteiger partial charge on any atom is 0.325 e. The Bertz CT molecular complexity index is 890. The van der Waals surface area contributed by atoms with Gasteiger partial charge in [-0.2, -0.15) is 0 Å². The topological polar surface area (TPSA) is 69.7 Å². The third-order valence-electron chi connectivity index (χ3n) is 8.12. The molecule has 0 spiro atoms. The number of carbonyl (C=O) groups excluding carboxylic acids is 3. The van der Waals surface area contributed by atoms with Crippen molar-refractivity contribution >= 4 is 17.8 Å². The van der Waals surface area contributed by atoms with Crippen molar-refractivity contribution in [2.24, 2.45) is 0 Å². The molecular weight excluding hydrogens is 426 g/mol. The van der Waals surface area contributed by atoms with Crippen LogP contribution in [0.3, 0.4) is 0 Å². The molecule has 0 aromatic heterocycles. The average molecular weight is 468 g/mol. The molecule has 0 radical (unpaired) electrons. The molecule has 4 rings (SSSR count). The number of nitrogens with zero attached hydrogens (tertiary/aromatic N) is 2. The van der Waals surface area contributed by atoms with Crippen molar-refractivity contribution in [1.82, 2.24) is 15.1 Å². The van der Waals surface area contributed by atoms with Crippen LogP contribution in [0.2, 0.25) is 0 Å². The first kappa shape index (κ1) is 24.7. The van der Waals surface area contributed by atoms with Gasteiger partial charge in [-0.25, -0.2) is 4.79 Å². The molecule has 1 atom stereocenters. The van der Waals surface area contributed by atoms with Crippen LogP contribution in [-0.2, 0) is 20.5 Å². The minimum atomic E-state index is -1.16. The van der Waals surface area contributed by atoms with Crippen LogP contribution < -0.4 is 5.32 Å². The van der Waals surface area contributed by atoms with E-state index in [1.54, 1.807) is 6.92 Å². The number of imide groups is 1. The zero-order valence-electron chi connectivity index (χ0n) is 21.4. The first-order chi connectivity index (χ1) is 16.1. The summed E-state index contributed by atoms with van der Waals surface area (Å²) in [5.41, 5.74) is 0.751. The molecule has 1 aromatic carbocycles. The number of hydrogen-bond acceptors (Lipinski definition) is 3. The van der Waals surface area contributed by atoms with Crippen LogP contribution in [0.1, 0.15) is 103 Å². The summed E-state index contributed by atoms with van der Waals surface area (Å²) < 4.78 is 0. The molecule has 34 heavy (non-hydrogen) atoms. The molecule has 1 heterocycles. The van der Waals surface area contributed by atoms with Gasteiger partial charge in [-0.05, 0) is 49.1 Å². The van der Waals surface area contributed by atoms with E-state index in [2.05, 4.69) is 31.0 Å². The predicted octanol–water partition coefficient (Wildman–Crippen LogP) is 5.25. The van der Waals surface area contributed by atoms with Gasteiger partial charge in [0.2, 0.25) is 5.91 Å². The number of hydrogen-bond donors (Lipinski definition) is 1. The van der Waals surface area contributed by atoms with Crippen LogP contribution in [0.5, 0.6) is 0 Å². The van der Waals surface area contributed by atoms with Crippen molar-refractivity contribution in [3.05, 3.63) is 35.4 Å². The fraction of sp³-hybridized carbons (Fsp3) is 0.679. The molecule has 2 aliphatic carbocycles. The van der Waals surface area contributed by atoms with Gasteiger partial charge in [0.05, 0.1) is 0 Å². The van der Waals surface area contributed by atoms with E-state index in [4.69, 9.17) is 0 Å². The smallest absolute Gasteiger partial charge is 0.325 e. The van der Waals surface area contributed by atoms with Crippen LogP contribution in [0.4, 0.5) is 4.79 Å². The number of nitrogens with one attached hydrogen (secondary N) is 1. The maximum atomic E-state index is 13.6. The van der Waals surface area contributed by atoms with Gasteiger partial charge in [-0.15, -0.1) is 0 Å². The first-order valence-corrected chi connectivity index (χ1v) is 13.2. The van der Waals surface area contributed by atoms with Crippen LogP contribution >= 0.6 is 0 Å². The standard InChI is InChI=1S/C28H41N3O3/c1-27(2,3)20-15-17-21(18-16-20)28(4)25(33)30(26(34)29-28)19-24(32)31(22-11-7-5-8-12-22)23-13-9-6-10-14-23/h15-18,22-23H,5-14,19H2,1-4H3,(H,29,34)/t28-/m0/s1. The molecule has 3 fully saturated rings. The summed E-state index contributed by atoms with van der Waals surface area (Å²) in [6.45, 7) is 8.00. The zero-order chi connectivity index (χ0) is 24.5. The normalized spacial score (nSPS) is 24.9. The average Bonchev–Trinajstić information content (AvgIpc) is 3.04. The Hall–Kier alpha value is -2.37. The molecule has 2 saturated carbocycles. The van der Waals surface area contributed by atoms with Gasteiger partial charge in [-0.3, -0.25) is 14.5 Å². The van der Waals surface area contributed by atoms with E-state index >= 15 is 0 Å². The Kier molecular flexibility index (Phi) is 7.07. The molecule has 1 aromatic rings. The van der Waals surface area contributed by atoms with Crippen molar-refractivity contribution in [1.29, 1.82) is 0 Å². The molecule has 0 unspecified atom stereocenters.